The molecular formula is C11H10ClN. The predicted molar refractivity (Wildman–Crippen MR) is 55.1 cm³/mol. The topological polar surface area (TPSA) is 15.8 Å². The molecule has 0 aliphatic carbocycles. The third kappa shape index (κ3) is 2.13. The van der Waals surface area contributed by atoms with E-state index in [1.807, 2.05) is 24.5 Å². The Morgan fingerprint density at radius 2 is 1.77 bits per heavy atom. The van der Waals surface area contributed by atoms with Crippen molar-refractivity contribution in [2.24, 2.45) is 0 Å². The minimum absolute atomic E-state index is 0.790. The van der Waals surface area contributed by atoms with Crippen molar-refractivity contribution in [2.75, 3.05) is 0 Å². The number of hydrogen-bond donors (Lipinski definition) is 1. The molecule has 66 valence electrons. The van der Waals surface area contributed by atoms with E-state index in [4.69, 9.17) is 11.6 Å². The summed E-state index contributed by atoms with van der Waals surface area (Å²) in [6.45, 7) is 0. The van der Waals surface area contributed by atoms with E-state index in [1.165, 1.54) is 11.1 Å². The zero-order valence-electron chi connectivity index (χ0n) is 7.13. The summed E-state index contributed by atoms with van der Waals surface area (Å²) >= 11 is 5.79. The second-order valence-corrected chi connectivity index (χ2v) is 3.46. The Balaban J connectivity index is 2.15. The van der Waals surface area contributed by atoms with Crippen LogP contribution in [0.1, 0.15) is 11.1 Å². The largest absolute Gasteiger partial charge is 0.367 e. The molecular weight excluding hydrogens is 182 g/mol. The van der Waals surface area contributed by atoms with Crippen molar-refractivity contribution in [2.45, 2.75) is 6.42 Å². The first kappa shape index (κ1) is 8.39. The quantitative estimate of drug-likeness (QED) is 0.750. The van der Waals surface area contributed by atoms with E-state index in [9.17, 15) is 0 Å². The summed E-state index contributed by atoms with van der Waals surface area (Å²) < 4.78 is 0. The van der Waals surface area contributed by atoms with Crippen LogP contribution in [0.15, 0.2) is 42.7 Å². The number of rotatable bonds is 2. The van der Waals surface area contributed by atoms with Gasteiger partial charge in [-0.2, -0.15) is 0 Å². The van der Waals surface area contributed by atoms with Crippen LogP contribution < -0.4 is 0 Å². The van der Waals surface area contributed by atoms with Crippen molar-refractivity contribution in [3.63, 3.8) is 0 Å². The zero-order chi connectivity index (χ0) is 9.10. The number of aromatic amines is 1. The monoisotopic (exact) mass is 191 g/mol. The lowest BCUT2D eigenvalue weighted by Gasteiger charge is -1.98. The van der Waals surface area contributed by atoms with Gasteiger partial charge in [-0.05, 0) is 35.7 Å². The molecule has 1 heterocycles. The average molecular weight is 192 g/mol. The number of benzene rings is 1. The predicted octanol–water partition coefficient (Wildman–Crippen LogP) is 3.26. The molecule has 0 bridgehead atoms. The van der Waals surface area contributed by atoms with Crippen LogP contribution in [0.4, 0.5) is 0 Å². The van der Waals surface area contributed by atoms with E-state index in [0.29, 0.717) is 0 Å². The van der Waals surface area contributed by atoms with Gasteiger partial charge >= 0.3 is 0 Å². The molecule has 0 unspecified atom stereocenters. The molecule has 0 radical (unpaired) electrons. The minimum Gasteiger partial charge on any atom is -0.367 e. The van der Waals surface area contributed by atoms with Crippen LogP contribution in [0.5, 0.6) is 0 Å². The molecule has 13 heavy (non-hydrogen) atoms. The Bertz CT molecular complexity index is 361. The molecule has 0 atom stereocenters. The van der Waals surface area contributed by atoms with Gasteiger partial charge in [-0.3, -0.25) is 0 Å². The van der Waals surface area contributed by atoms with Gasteiger partial charge in [-0.1, -0.05) is 23.7 Å². The summed E-state index contributed by atoms with van der Waals surface area (Å²) in [7, 11) is 0. The van der Waals surface area contributed by atoms with Crippen molar-refractivity contribution in [3.05, 3.63) is 58.9 Å². The Morgan fingerprint density at radius 3 is 2.38 bits per heavy atom. The van der Waals surface area contributed by atoms with E-state index >= 15 is 0 Å². The fraction of sp³-hybridized carbons (Fsp3) is 0.0909. The van der Waals surface area contributed by atoms with Crippen LogP contribution in [0.3, 0.4) is 0 Å². The molecule has 0 spiro atoms. The first-order valence-corrected chi connectivity index (χ1v) is 4.58. The summed E-state index contributed by atoms with van der Waals surface area (Å²) in [4.78, 5) is 3.04. The maximum Gasteiger partial charge on any atom is 0.0406 e. The molecule has 1 N–H and O–H groups in total. The molecule has 1 aromatic carbocycles. The van der Waals surface area contributed by atoms with Gasteiger partial charge < -0.3 is 4.98 Å². The molecule has 0 amide bonds. The van der Waals surface area contributed by atoms with Crippen molar-refractivity contribution < 1.29 is 0 Å². The van der Waals surface area contributed by atoms with Crippen LogP contribution in [0, 0.1) is 0 Å². The van der Waals surface area contributed by atoms with Gasteiger partial charge in [0.15, 0.2) is 0 Å². The van der Waals surface area contributed by atoms with Crippen LogP contribution >= 0.6 is 11.6 Å². The van der Waals surface area contributed by atoms with Crippen molar-refractivity contribution in [1.29, 1.82) is 0 Å². The fourth-order valence-corrected chi connectivity index (χ4v) is 1.43. The molecule has 1 nitrogen and oxygen atoms in total. The highest BCUT2D eigenvalue weighted by molar-refractivity contribution is 6.30. The normalized spacial score (nSPS) is 10.2. The van der Waals surface area contributed by atoms with E-state index in [1.54, 1.807) is 0 Å². The summed E-state index contributed by atoms with van der Waals surface area (Å²) in [5, 5.41) is 0.790. The minimum atomic E-state index is 0.790. The molecule has 0 fully saturated rings. The lowest BCUT2D eigenvalue weighted by molar-refractivity contribution is 1.20. The fourth-order valence-electron chi connectivity index (χ4n) is 1.31. The van der Waals surface area contributed by atoms with Gasteiger partial charge in [0.2, 0.25) is 0 Å². The van der Waals surface area contributed by atoms with Gasteiger partial charge in [0.1, 0.15) is 0 Å². The van der Waals surface area contributed by atoms with E-state index in [-0.39, 0.29) is 0 Å². The second kappa shape index (κ2) is 3.67. The summed E-state index contributed by atoms with van der Waals surface area (Å²) in [5.74, 6) is 0. The number of hydrogen-bond acceptors (Lipinski definition) is 0. The molecule has 2 aromatic rings. The molecule has 1 aromatic heterocycles. The lowest BCUT2D eigenvalue weighted by Crippen LogP contribution is -1.84. The Morgan fingerprint density at radius 1 is 1.00 bits per heavy atom. The lowest BCUT2D eigenvalue weighted by atomic mass is 10.1. The van der Waals surface area contributed by atoms with Crippen molar-refractivity contribution in [3.8, 4) is 0 Å². The zero-order valence-corrected chi connectivity index (χ0v) is 7.88. The van der Waals surface area contributed by atoms with Gasteiger partial charge in [0.05, 0.1) is 0 Å². The molecule has 0 aliphatic heterocycles. The Hall–Kier alpha value is -1.21. The molecule has 0 saturated heterocycles. The highest BCUT2D eigenvalue weighted by Gasteiger charge is 1.95. The van der Waals surface area contributed by atoms with Gasteiger partial charge in [-0.15, -0.1) is 0 Å². The van der Waals surface area contributed by atoms with Gasteiger partial charge in [0, 0.05) is 17.4 Å². The Labute approximate surface area is 82.4 Å². The third-order valence-corrected chi connectivity index (χ3v) is 2.24. The van der Waals surface area contributed by atoms with Gasteiger partial charge in [0.25, 0.3) is 0 Å². The van der Waals surface area contributed by atoms with Crippen LogP contribution in [-0.2, 0) is 6.42 Å². The highest BCUT2D eigenvalue weighted by Crippen LogP contribution is 2.12. The molecule has 2 heteroatoms. The highest BCUT2D eigenvalue weighted by atomic mass is 35.5. The molecule has 2 rings (SSSR count). The Kier molecular flexibility index (Phi) is 2.37. The van der Waals surface area contributed by atoms with Crippen molar-refractivity contribution in [1.82, 2.24) is 4.98 Å². The number of halogens is 1. The number of nitrogens with one attached hydrogen (secondary N) is 1. The average Bonchev–Trinajstić information content (AvgIpc) is 2.62. The van der Waals surface area contributed by atoms with E-state index in [2.05, 4.69) is 23.2 Å². The number of aromatic nitrogens is 1. The van der Waals surface area contributed by atoms with E-state index in [0.717, 1.165) is 11.4 Å². The summed E-state index contributed by atoms with van der Waals surface area (Å²) in [6, 6.07) is 10.0. The summed E-state index contributed by atoms with van der Waals surface area (Å²) in [6.07, 6.45) is 4.90. The van der Waals surface area contributed by atoms with Crippen molar-refractivity contribution >= 4 is 11.6 Å². The van der Waals surface area contributed by atoms with Crippen LogP contribution in [0.2, 0.25) is 5.02 Å². The SMILES string of the molecule is Clc1ccc(Cc2cc[nH]c2)cc1. The smallest absolute Gasteiger partial charge is 0.0406 e. The third-order valence-electron chi connectivity index (χ3n) is 1.98. The first-order chi connectivity index (χ1) is 6.34. The second-order valence-electron chi connectivity index (χ2n) is 3.02. The maximum atomic E-state index is 5.79. The summed E-state index contributed by atoms with van der Waals surface area (Å²) in [5.41, 5.74) is 2.58. The van der Waals surface area contributed by atoms with E-state index < -0.39 is 0 Å². The van der Waals surface area contributed by atoms with Gasteiger partial charge in [-0.25, -0.2) is 0 Å². The molecule has 0 aliphatic rings. The van der Waals surface area contributed by atoms with Crippen LogP contribution in [-0.4, -0.2) is 4.98 Å². The number of H-pyrrole nitrogens is 1. The first-order valence-electron chi connectivity index (χ1n) is 4.21. The standard InChI is InChI=1S/C11H10ClN/c12-11-3-1-9(2-4-11)7-10-5-6-13-8-10/h1-6,8,13H,7H2. The maximum absolute atomic E-state index is 5.79. The molecule has 0 saturated carbocycles. The van der Waals surface area contributed by atoms with Crippen LogP contribution in [0.25, 0.3) is 0 Å².